The van der Waals surface area contributed by atoms with E-state index in [0.717, 1.165) is 12.8 Å². The normalized spacial score (nSPS) is 9.13. The van der Waals surface area contributed by atoms with Crippen molar-refractivity contribution in [1.29, 1.82) is 0 Å². The molecule has 0 radical (unpaired) electrons. The summed E-state index contributed by atoms with van der Waals surface area (Å²) in [5.41, 5.74) is -0.136. The zero-order chi connectivity index (χ0) is 10.4. The molecule has 0 saturated heterocycles. The molecule has 0 aliphatic carbocycles. The molecule has 0 aliphatic heterocycles. The number of carboxylic acids is 1. The van der Waals surface area contributed by atoms with Crippen LogP contribution >= 0.6 is 0 Å². The maximum atomic E-state index is 10.6. The van der Waals surface area contributed by atoms with Gasteiger partial charge in [0.2, 0.25) is 0 Å². The van der Waals surface area contributed by atoms with Crippen molar-refractivity contribution in [3.8, 4) is 0 Å². The van der Waals surface area contributed by atoms with Crippen LogP contribution in [0.2, 0.25) is 0 Å². The quantitative estimate of drug-likeness (QED) is 0.421. The first-order valence-electron chi connectivity index (χ1n) is 4.52. The first-order chi connectivity index (χ1) is 6.75. The van der Waals surface area contributed by atoms with E-state index in [1.165, 1.54) is 12.4 Å². The summed E-state index contributed by atoms with van der Waals surface area (Å²) in [4.78, 5) is 18.1. The third-order valence-electron chi connectivity index (χ3n) is 1.71. The Balaban J connectivity index is 0.00000196. The molecule has 15 heavy (non-hydrogen) atoms. The van der Waals surface area contributed by atoms with Gasteiger partial charge in [-0.05, 0) is 6.42 Å². The minimum Gasteiger partial charge on any atom is -0.543 e. The number of carboxylic acid groups (broad SMARTS) is 1. The van der Waals surface area contributed by atoms with Gasteiger partial charge in [0.25, 0.3) is 0 Å². The molecule has 76 valence electrons. The van der Waals surface area contributed by atoms with Crippen molar-refractivity contribution in [1.82, 2.24) is 9.97 Å². The third-order valence-corrected chi connectivity index (χ3v) is 1.71. The van der Waals surface area contributed by atoms with Gasteiger partial charge in [0, 0.05) is 18.9 Å². The van der Waals surface area contributed by atoms with Crippen LogP contribution in [0.5, 0.6) is 0 Å². The van der Waals surface area contributed by atoms with E-state index in [1.54, 1.807) is 0 Å². The van der Waals surface area contributed by atoms with E-state index in [1.807, 2.05) is 0 Å². The summed E-state index contributed by atoms with van der Waals surface area (Å²) in [6, 6.07) is 0. The van der Waals surface area contributed by atoms with Crippen LogP contribution in [0.3, 0.4) is 0 Å². The number of anilines is 1. The van der Waals surface area contributed by atoms with E-state index in [0.29, 0.717) is 6.54 Å². The van der Waals surface area contributed by atoms with Crippen LogP contribution in [0.25, 0.3) is 0 Å². The third kappa shape index (κ3) is 4.59. The number of aromatic nitrogens is 2. The fraction of sp³-hybridized carbons (Fsp3) is 0.444. The Hall–Kier alpha value is -0.650. The summed E-state index contributed by atoms with van der Waals surface area (Å²) >= 11 is 0. The van der Waals surface area contributed by atoms with Gasteiger partial charge in [-0.25, -0.2) is 9.97 Å². The molecule has 0 aliphatic rings. The van der Waals surface area contributed by atoms with Crippen LogP contribution < -0.4 is 40.0 Å². The molecular weight excluding hydrogens is 205 g/mol. The van der Waals surface area contributed by atoms with Gasteiger partial charge in [-0.2, -0.15) is 0 Å². The number of unbranched alkanes of at least 4 members (excludes halogenated alkanes) is 1. The molecule has 0 saturated carbocycles. The standard InChI is InChI=1S/C9H13N3O2.Na/c1-2-3-4-11-8-7(9(13)14)10-5-6-12-8;/h5-6H,2-4H2,1H3,(H,11,12)(H,13,14);/q;+1/p-1. The Morgan fingerprint density at radius 1 is 1.47 bits per heavy atom. The van der Waals surface area contributed by atoms with Crippen LogP contribution in [0.1, 0.15) is 30.3 Å². The fourth-order valence-corrected chi connectivity index (χ4v) is 1.00. The minimum atomic E-state index is -1.31. The van der Waals surface area contributed by atoms with Crippen molar-refractivity contribution < 1.29 is 39.5 Å². The van der Waals surface area contributed by atoms with E-state index in [4.69, 9.17) is 0 Å². The Kier molecular flexibility index (Phi) is 7.29. The first kappa shape index (κ1) is 14.3. The molecule has 0 atom stereocenters. The molecule has 0 aromatic carbocycles. The van der Waals surface area contributed by atoms with Crippen molar-refractivity contribution in [3.63, 3.8) is 0 Å². The Morgan fingerprint density at radius 2 is 2.13 bits per heavy atom. The molecule has 0 spiro atoms. The number of hydrogen-bond donors (Lipinski definition) is 1. The van der Waals surface area contributed by atoms with Crippen LogP contribution in [-0.4, -0.2) is 22.5 Å². The van der Waals surface area contributed by atoms with Crippen molar-refractivity contribution in [3.05, 3.63) is 18.1 Å². The zero-order valence-corrected chi connectivity index (χ0v) is 11.0. The second kappa shape index (κ2) is 7.62. The molecule has 1 rings (SSSR count). The first-order valence-corrected chi connectivity index (χ1v) is 4.52. The number of aromatic carboxylic acids is 1. The topological polar surface area (TPSA) is 77.9 Å². The summed E-state index contributed by atoms with van der Waals surface area (Å²) < 4.78 is 0. The van der Waals surface area contributed by atoms with Crippen molar-refractivity contribution >= 4 is 11.8 Å². The van der Waals surface area contributed by atoms with Gasteiger partial charge in [0.1, 0.15) is 5.69 Å². The summed E-state index contributed by atoms with van der Waals surface area (Å²) in [7, 11) is 0. The molecular formula is C9H12N3NaO2. The summed E-state index contributed by atoms with van der Waals surface area (Å²) in [6.07, 6.45) is 4.77. The second-order valence-electron chi connectivity index (χ2n) is 2.82. The zero-order valence-electron chi connectivity index (χ0n) is 8.99. The number of hydrogen-bond acceptors (Lipinski definition) is 5. The smallest absolute Gasteiger partial charge is 0.543 e. The average Bonchev–Trinajstić information content (AvgIpc) is 2.19. The maximum Gasteiger partial charge on any atom is 1.00 e. The van der Waals surface area contributed by atoms with Gasteiger partial charge in [0.15, 0.2) is 5.82 Å². The van der Waals surface area contributed by atoms with Crippen LogP contribution in [0.15, 0.2) is 12.4 Å². The summed E-state index contributed by atoms with van der Waals surface area (Å²) in [5, 5.41) is 13.5. The van der Waals surface area contributed by atoms with Crippen LogP contribution in [0.4, 0.5) is 5.82 Å². The van der Waals surface area contributed by atoms with E-state index in [9.17, 15) is 9.90 Å². The largest absolute Gasteiger partial charge is 1.00 e. The Morgan fingerprint density at radius 3 is 2.73 bits per heavy atom. The number of rotatable bonds is 5. The van der Waals surface area contributed by atoms with Crippen LogP contribution in [0, 0.1) is 0 Å². The van der Waals surface area contributed by atoms with Crippen molar-refractivity contribution in [2.24, 2.45) is 0 Å². The van der Waals surface area contributed by atoms with Gasteiger partial charge < -0.3 is 15.2 Å². The van der Waals surface area contributed by atoms with E-state index >= 15 is 0 Å². The average molecular weight is 217 g/mol. The van der Waals surface area contributed by atoms with E-state index < -0.39 is 5.97 Å². The molecule has 0 amide bonds. The molecule has 1 heterocycles. The molecule has 0 fully saturated rings. The van der Waals surface area contributed by atoms with Crippen molar-refractivity contribution in [2.45, 2.75) is 19.8 Å². The molecule has 6 heteroatoms. The molecule has 1 aromatic rings. The van der Waals surface area contributed by atoms with Gasteiger partial charge in [-0.1, -0.05) is 13.3 Å². The molecule has 1 N–H and O–H groups in total. The Labute approximate surface area is 111 Å². The molecule has 5 nitrogen and oxygen atoms in total. The van der Waals surface area contributed by atoms with Crippen LogP contribution in [-0.2, 0) is 0 Å². The SMILES string of the molecule is CCCCNc1nccnc1C(=O)[O-].[Na+]. The summed E-state index contributed by atoms with van der Waals surface area (Å²) in [6.45, 7) is 2.74. The predicted molar refractivity (Wildman–Crippen MR) is 49.8 cm³/mol. The van der Waals surface area contributed by atoms with E-state index in [2.05, 4.69) is 22.2 Å². The second-order valence-corrected chi connectivity index (χ2v) is 2.82. The summed E-state index contributed by atoms with van der Waals surface area (Å²) in [5.74, 6) is -1.03. The number of nitrogens with one attached hydrogen (secondary N) is 1. The number of carbonyl (C=O) groups is 1. The predicted octanol–water partition coefficient (Wildman–Crippen LogP) is -2.94. The molecule has 0 bridgehead atoms. The number of carbonyl (C=O) groups excluding carboxylic acids is 1. The van der Waals surface area contributed by atoms with E-state index in [-0.39, 0.29) is 41.1 Å². The van der Waals surface area contributed by atoms with Gasteiger partial charge in [-0.3, -0.25) is 0 Å². The fourth-order valence-electron chi connectivity index (χ4n) is 1.00. The molecule has 1 aromatic heterocycles. The maximum absolute atomic E-state index is 10.6. The number of nitrogens with zero attached hydrogens (tertiary/aromatic N) is 2. The van der Waals surface area contributed by atoms with Gasteiger partial charge >= 0.3 is 29.6 Å². The monoisotopic (exact) mass is 217 g/mol. The minimum absolute atomic E-state index is 0. The Bertz CT molecular complexity index is 320. The van der Waals surface area contributed by atoms with Gasteiger partial charge in [0.05, 0.1) is 5.97 Å². The molecule has 0 unspecified atom stereocenters. The van der Waals surface area contributed by atoms with Gasteiger partial charge in [-0.15, -0.1) is 0 Å². The van der Waals surface area contributed by atoms with Crippen molar-refractivity contribution in [2.75, 3.05) is 11.9 Å².